The van der Waals surface area contributed by atoms with Gasteiger partial charge in [-0.2, -0.15) is 0 Å². The summed E-state index contributed by atoms with van der Waals surface area (Å²) in [5.41, 5.74) is 0. The summed E-state index contributed by atoms with van der Waals surface area (Å²) in [6.45, 7) is 2.00. The van der Waals surface area contributed by atoms with Crippen molar-refractivity contribution in [3.63, 3.8) is 0 Å². The Kier molecular flexibility index (Phi) is 8.89. The molecule has 19 heavy (non-hydrogen) atoms. The second-order valence-electron chi connectivity index (χ2n) is 4.18. The van der Waals surface area contributed by atoms with Gasteiger partial charge in [-0.25, -0.2) is 0 Å². The molecule has 0 spiro atoms. The minimum absolute atomic E-state index is 0. The summed E-state index contributed by atoms with van der Waals surface area (Å²) in [6.07, 6.45) is 2.56. The van der Waals surface area contributed by atoms with Crippen molar-refractivity contribution in [2.75, 3.05) is 13.2 Å². The van der Waals surface area contributed by atoms with Gasteiger partial charge in [-0.05, 0) is 23.5 Å². The van der Waals surface area contributed by atoms with Crippen LogP contribution in [0.3, 0.4) is 0 Å². The van der Waals surface area contributed by atoms with Crippen LogP contribution in [0.15, 0.2) is 60.7 Å². The maximum atomic E-state index is 4.94. The van der Waals surface area contributed by atoms with Crippen LogP contribution in [0.2, 0.25) is 0 Å². The largest absolute Gasteiger partial charge is 0.0622 e. The molecular formula is C16H20LiOP. The maximum Gasteiger partial charge on any atom is -0.0226 e. The van der Waals surface area contributed by atoms with Gasteiger partial charge in [-0.15, -0.1) is 0 Å². The van der Waals surface area contributed by atoms with Crippen molar-refractivity contribution in [1.29, 1.82) is 0 Å². The first-order valence-electron chi connectivity index (χ1n) is 6.40. The van der Waals surface area contributed by atoms with Crippen LogP contribution in [0.25, 0.3) is 0 Å². The summed E-state index contributed by atoms with van der Waals surface area (Å²) in [7, 11) is 0.777. The standard InChI is InChI=1S/C12H11P.C4H8O.Li.H/c1-3-7-11(8-4-1)13-12-9-5-2-6-10-12;1-2-4-5-3-1;;/h1-10,13H;1-4H2;;. The first-order chi connectivity index (χ1) is 8.95. The van der Waals surface area contributed by atoms with Crippen LogP contribution >= 0.6 is 8.58 Å². The third-order valence-corrected chi connectivity index (χ3v) is 3.91. The molecule has 0 saturated carbocycles. The van der Waals surface area contributed by atoms with Crippen LogP contribution in [0, 0.1) is 0 Å². The van der Waals surface area contributed by atoms with Crippen LogP contribution in [-0.2, 0) is 4.74 Å². The Labute approximate surface area is 129 Å². The second-order valence-corrected chi connectivity index (χ2v) is 5.58. The first-order valence-corrected chi connectivity index (χ1v) is 7.40. The summed E-state index contributed by atoms with van der Waals surface area (Å²) in [5.74, 6) is 0. The molecule has 0 aromatic heterocycles. The van der Waals surface area contributed by atoms with E-state index in [0.717, 1.165) is 21.8 Å². The van der Waals surface area contributed by atoms with Gasteiger partial charge >= 0.3 is 18.9 Å². The number of hydrogen-bond donors (Lipinski definition) is 0. The fraction of sp³-hybridized carbons (Fsp3) is 0.250. The van der Waals surface area contributed by atoms with Crippen LogP contribution in [0.5, 0.6) is 0 Å². The zero-order chi connectivity index (χ0) is 12.5. The normalized spacial score (nSPS) is 13.1. The van der Waals surface area contributed by atoms with E-state index in [-0.39, 0.29) is 18.9 Å². The zero-order valence-corrected chi connectivity index (χ0v) is 11.5. The Morgan fingerprint density at radius 1 is 0.684 bits per heavy atom. The second kappa shape index (κ2) is 10.2. The van der Waals surface area contributed by atoms with Gasteiger partial charge in [0.2, 0.25) is 0 Å². The molecule has 2 aromatic rings. The smallest absolute Gasteiger partial charge is 0.0226 e. The predicted molar refractivity (Wildman–Crippen MR) is 87.7 cm³/mol. The molecule has 1 nitrogen and oxygen atoms in total. The fourth-order valence-corrected chi connectivity index (χ4v) is 2.77. The Balaban J connectivity index is 0.000000256. The predicted octanol–water partition coefficient (Wildman–Crippen LogP) is 2.46. The van der Waals surface area contributed by atoms with Crippen molar-refractivity contribution in [1.82, 2.24) is 0 Å². The van der Waals surface area contributed by atoms with Gasteiger partial charge in [0.05, 0.1) is 0 Å². The number of hydrogen-bond acceptors (Lipinski definition) is 1. The molecule has 3 rings (SSSR count). The van der Waals surface area contributed by atoms with Gasteiger partial charge < -0.3 is 4.74 Å². The van der Waals surface area contributed by atoms with Crippen LogP contribution in [0.1, 0.15) is 12.8 Å². The molecule has 0 radical (unpaired) electrons. The molecular weight excluding hydrogens is 246 g/mol. The van der Waals surface area contributed by atoms with Gasteiger partial charge in [0, 0.05) is 13.2 Å². The molecule has 1 saturated heterocycles. The topological polar surface area (TPSA) is 9.23 Å². The van der Waals surface area contributed by atoms with E-state index in [4.69, 9.17) is 4.74 Å². The molecule has 0 atom stereocenters. The van der Waals surface area contributed by atoms with Gasteiger partial charge in [-0.1, -0.05) is 69.2 Å². The molecule has 1 aliphatic rings. The molecule has 1 fully saturated rings. The SMILES string of the molecule is C1CCOC1.[LiH].c1ccc(Pc2ccccc2)cc1. The molecule has 0 bridgehead atoms. The van der Waals surface area contributed by atoms with Gasteiger partial charge in [-0.3, -0.25) is 0 Å². The van der Waals surface area contributed by atoms with E-state index in [1.807, 2.05) is 0 Å². The molecule has 1 heterocycles. The number of benzene rings is 2. The average molecular weight is 266 g/mol. The summed E-state index contributed by atoms with van der Waals surface area (Å²) >= 11 is 0. The van der Waals surface area contributed by atoms with Crippen molar-refractivity contribution < 1.29 is 4.74 Å². The number of rotatable bonds is 2. The monoisotopic (exact) mass is 266 g/mol. The van der Waals surface area contributed by atoms with E-state index in [1.165, 1.54) is 23.5 Å². The Bertz CT molecular complexity index is 384. The Morgan fingerprint density at radius 2 is 1.11 bits per heavy atom. The van der Waals surface area contributed by atoms with E-state index < -0.39 is 0 Å². The molecule has 2 aromatic carbocycles. The zero-order valence-electron chi connectivity index (χ0n) is 10.5. The van der Waals surface area contributed by atoms with Crippen LogP contribution in [0.4, 0.5) is 0 Å². The van der Waals surface area contributed by atoms with Crippen molar-refractivity contribution >= 4 is 38.1 Å². The van der Waals surface area contributed by atoms with Crippen LogP contribution in [-0.4, -0.2) is 32.1 Å². The Hall–Kier alpha value is -0.573. The molecule has 0 N–H and O–H groups in total. The number of ether oxygens (including phenoxy) is 1. The van der Waals surface area contributed by atoms with E-state index in [2.05, 4.69) is 60.7 Å². The van der Waals surface area contributed by atoms with Gasteiger partial charge in [0.25, 0.3) is 0 Å². The summed E-state index contributed by atoms with van der Waals surface area (Å²) in [6, 6.07) is 21.2. The molecule has 96 valence electrons. The third kappa shape index (κ3) is 6.95. The fourth-order valence-electron chi connectivity index (χ4n) is 1.72. The third-order valence-electron chi connectivity index (χ3n) is 2.66. The maximum absolute atomic E-state index is 4.94. The minimum atomic E-state index is 0. The van der Waals surface area contributed by atoms with Gasteiger partial charge in [0.15, 0.2) is 0 Å². The molecule has 0 aliphatic carbocycles. The van der Waals surface area contributed by atoms with Crippen molar-refractivity contribution in [2.24, 2.45) is 0 Å². The van der Waals surface area contributed by atoms with E-state index in [9.17, 15) is 0 Å². The van der Waals surface area contributed by atoms with Crippen molar-refractivity contribution in [3.8, 4) is 0 Å². The van der Waals surface area contributed by atoms with E-state index in [1.54, 1.807) is 0 Å². The quantitative estimate of drug-likeness (QED) is 0.599. The Morgan fingerprint density at radius 3 is 1.42 bits per heavy atom. The molecule has 1 aliphatic heterocycles. The molecule has 0 unspecified atom stereocenters. The summed E-state index contributed by atoms with van der Waals surface area (Å²) in [4.78, 5) is 0. The molecule has 0 amide bonds. The average Bonchev–Trinajstić information content (AvgIpc) is 3.00. The summed E-state index contributed by atoms with van der Waals surface area (Å²) in [5, 5.41) is 2.79. The summed E-state index contributed by atoms with van der Waals surface area (Å²) < 4.78 is 4.94. The van der Waals surface area contributed by atoms with E-state index >= 15 is 0 Å². The first kappa shape index (κ1) is 16.5. The van der Waals surface area contributed by atoms with Crippen LogP contribution < -0.4 is 10.6 Å². The van der Waals surface area contributed by atoms with E-state index in [0.29, 0.717) is 0 Å². The van der Waals surface area contributed by atoms with Crippen molar-refractivity contribution in [3.05, 3.63) is 60.7 Å². The van der Waals surface area contributed by atoms with Crippen molar-refractivity contribution in [2.45, 2.75) is 12.8 Å². The minimum Gasteiger partial charge on any atom is -0.0622 e. The molecule has 3 heteroatoms. The van der Waals surface area contributed by atoms with Gasteiger partial charge in [0.1, 0.15) is 0 Å².